The first kappa shape index (κ1) is 22.0. The first-order valence-electron chi connectivity index (χ1n) is 11.5. The zero-order valence-electron chi connectivity index (χ0n) is 19.3. The molecule has 8 heteroatoms. The first-order chi connectivity index (χ1) is 16.5. The van der Waals surface area contributed by atoms with Gasteiger partial charge in [0.15, 0.2) is 5.82 Å². The number of amides is 1. The smallest absolute Gasteiger partial charge is 0.254 e. The molecule has 0 saturated carbocycles. The number of aromatic amines is 1. The van der Waals surface area contributed by atoms with Gasteiger partial charge in [0, 0.05) is 24.2 Å². The van der Waals surface area contributed by atoms with E-state index in [1.54, 1.807) is 12.1 Å². The van der Waals surface area contributed by atoms with Crippen molar-refractivity contribution in [3.8, 4) is 0 Å². The van der Waals surface area contributed by atoms with Crippen molar-refractivity contribution in [2.45, 2.75) is 45.7 Å². The van der Waals surface area contributed by atoms with Crippen LogP contribution < -0.4 is 0 Å². The number of carbonyl (C=O) groups is 1. The van der Waals surface area contributed by atoms with Crippen LogP contribution in [-0.4, -0.2) is 42.3 Å². The number of H-pyrrole nitrogens is 1. The Hall–Kier alpha value is -3.81. The summed E-state index contributed by atoms with van der Waals surface area (Å²) in [5.74, 6) is 1.06. The van der Waals surface area contributed by atoms with E-state index in [9.17, 15) is 9.18 Å². The molecule has 174 valence electrons. The maximum atomic E-state index is 13.3. The number of likely N-dealkylation sites (tertiary alicyclic amines) is 1. The number of aryl methyl sites for hydroxylation is 2. The third-order valence-corrected chi connectivity index (χ3v) is 6.28. The minimum absolute atomic E-state index is 0.00921. The van der Waals surface area contributed by atoms with E-state index in [4.69, 9.17) is 0 Å². The van der Waals surface area contributed by atoms with Gasteiger partial charge >= 0.3 is 0 Å². The average Bonchev–Trinajstić information content (AvgIpc) is 3.56. The second-order valence-electron chi connectivity index (χ2n) is 8.88. The molecule has 1 N–H and O–H groups in total. The van der Waals surface area contributed by atoms with Crippen LogP contribution in [0.5, 0.6) is 0 Å². The van der Waals surface area contributed by atoms with Crippen molar-refractivity contribution in [1.82, 2.24) is 29.9 Å². The van der Waals surface area contributed by atoms with Gasteiger partial charge in [-0.25, -0.2) is 9.37 Å². The highest BCUT2D eigenvalue weighted by Gasteiger charge is 2.33. The summed E-state index contributed by atoms with van der Waals surface area (Å²) in [6.07, 6.45) is 2.27. The molecule has 1 fully saturated rings. The molecule has 1 atom stereocenters. The van der Waals surface area contributed by atoms with Crippen LogP contribution in [0, 0.1) is 19.7 Å². The Morgan fingerprint density at radius 2 is 1.82 bits per heavy atom. The van der Waals surface area contributed by atoms with Crippen molar-refractivity contribution < 1.29 is 9.18 Å². The molecule has 0 aliphatic carbocycles. The van der Waals surface area contributed by atoms with E-state index in [0.29, 0.717) is 36.7 Å². The monoisotopic (exact) mass is 458 g/mol. The number of rotatable bonds is 6. The van der Waals surface area contributed by atoms with E-state index in [-0.39, 0.29) is 17.8 Å². The third-order valence-electron chi connectivity index (χ3n) is 6.28. The van der Waals surface area contributed by atoms with Crippen LogP contribution in [0.1, 0.15) is 63.4 Å². The minimum atomic E-state index is -0.262. The highest BCUT2D eigenvalue weighted by atomic mass is 19.1. The normalized spacial score (nSPS) is 15.7. The standard InChI is InChI=1S/C26H27FN6O/c1-17-14-18(2)33(31-17)16-20-5-9-21(10-6-20)26(34)32-13-3-4-23(32)25-28-24(29-30-25)15-19-7-11-22(27)12-8-19/h5-12,14,23H,3-4,13,15-16H2,1-2H3,(H,28,29,30)/t23-/m0/s1. The topological polar surface area (TPSA) is 79.7 Å². The van der Waals surface area contributed by atoms with Crippen molar-refractivity contribution in [2.24, 2.45) is 0 Å². The van der Waals surface area contributed by atoms with Gasteiger partial charge in [0.2, 0.25) is 0 Å². The van der Waals surface area contributed by atoms with Gasteiger partial charge in [-0.05, 0) is 68.1 Å². The van der Waals surface area contributed by atoms with Gasteiger partial charge in [0.1, 0.15) is 11.6 Å². The SMILES string of the molecule is Cc1cc(C)n(Cc2ccc(C(=O)N3CCC[C@H]3c3n[nH]c(Cc4ccc(F)cc4)n3)cc2)n1. The number of aromatic nitrogens is 5. The Labute approximate surface area is 197 Å². The summed E-state index contributed by atoms with van der Waals surface area (Å²) in [6, 6.07) is 16.0. The summed E-state index contributed by atoms with van der Waals surface area (Å²) < 4.78 is 15.1. The Morgan fingerprint density at radius 3 is 2.53 bits per heavy atom. The lowest BCUT2D eigenvalue weighted by molar-refractivity contribution is 0.0730. The lowest BCUT2D eigenvalue weighted by Crippen LogP contribution is -2.31. The molecule has 5 rings (SSSR count). The van der Waals surface area contributed by atoms with Gasteiger partial charge in [-0.15, -0.1) is 0 Å². The first-order valence-corrected chi connectivity index (χ1v) is 11.5. The molecular formula is C26H27FN6O. The molecule has 1 saturated heterocycles. The number of halogens is 1. The number of hydrogen-bond acceptors (Lipinski definition) is 4. The van der Waals surface area contributed by atoms with Crippen LogP contribution in [-0.2, 0) is 13.0 Å². The highest BCUT2D eigenvalue weighted by molar-refractivity contribution is 5.94. The van der Waals surface area contributed by atoms with Gasteiger partial charge < -0.3 is 4.90 Å². The summed E-state index contributed by atoms with van der Waals surface area (Å²) in [4.78, 5) is 19.8. The number of nitrogens with zero attached hydrogens (tertiary/aromatic N) is 5. The van der Waals surface area contributed by atoms with Crippen LogP contribution in [0.3, 0.4) is 0 Å². The quantitative estimate of drug-likeness (QED) is 0.465. The summed E-state index contributed by atoms with van der Waals surface area (Å²) in [5.41, 5.74) is 4.82. The Kier molecular flexibility index (Phi) is 5.96. The fourth-order valence-corrected chi connectivity index (χ4v) is 4.54. The number of hydrogen-bond donors (Lipinski definition) is 1. The summed E-state index contributed by atoms with van der Waals surface area (Å²) >= 11 is 0. The maximum Gasteiger partial charge on any atom is 0.254 e. The molecule has 2 aromatic carbocycles. The molecule has 1 aliphatic heterocycles. The fraction of sp³-hybridized carbons (Fsp3) is 0.308. The Balaban J connectivity index is 1.27. The van der Waals surface area contributed by atoms with Gasteiger partial charge in [-0.2, -0.15) is 10.2 Å². The molecule has 1 aliphatic rings. The lowest BCUT2D eigenvalue weighted by atomic mass is 10.1. The van der Waals surface area contributed by atoms with E-state index >= 15 is 0 Å². The molecule has 0 bridgehead atoms. The van der Waals surface area contributed by atoms with Crippen LogP contribution in [0.4, 0.5) is 4.39 Å². The lowest BCUT2D eigenvalue weighted by Gasteiger charge is -2.22. The van der Waals surface area contributed by atoms with Gasteiger partial charge in [-0.1, -0.05) is 24.3 Å². The summed E-state index contributed by atoms with van der Waals surface area (Å²) in [6.45, 7) is 5.38. The molecule has 0 radical (unpaired) electrons. The van der Waals surface area contributed by atoms with Crippen LogP contribution in [0.25, 0.3) is 0 Å². The molecular weight excluding hydrogens is 431 g/mol. The van der Waals surface area contributed by atoms with Gasteiger partial charge in [-0.3, -0.25) is 14.6 Å². The van der Waals surface area contributed by atoms with Gasteiger partial charge in [0.05, 0.1) is 18.3 Å². The van der Waals surface area contributed by atoms with Crippen molar-refractivity contribution in [1.29, 1.82) is 0 Å². The molecule has 0 unspecified atom stereocenters. The Morgan fingerprint density at radius 1 is 1.09 bits per heavy atom. The zero-order valence-corrected chi connectivity index (χ0v) is 19.3. The highest BCUT2D eigenvalue weighted by Crippen LogP contribution is 2.31. The third kappa shape index (κ3) is 4.62. The number of carbonyl (C=O) groups excluding carboxylic acids is 1. The average molecular weight is 459 g/mol. The summed E-state index contributed by atoms with van der Waals surface area (Å²) in [5, 5.41) is 11.9. The van der Waals surface area contributed by atoms with E-state index in [2.05, 4.69) is 26.3 Å². The molecule has 0 spiro atoms. The van der Waals surface area contributed by atoms with E-state index < -0.39 is 0 Å². The number of nitrogens with one attached hydrogen (secondary N) is 1. The van der Waals surface area contributed by atoms with Crippen molar-refractivity contribution in [3.63, 3.8) is 0 Å². The fourth-order valence-electron chi connectivity index (χ4n) is 4.54. The van der Waals surface area contributed by atoms with Crippen LogP contribution >= 0.6 is 0 Å². The predicted molar refractivity (Wildman–Crippen MR) is 126 cm³/mol. The maximum absolute atomic E-state index is 13.3. The van der Waals surface area contributed by atoms with E-state index in [1.165, 1.54) is 12.1 Å². The molecule has 4 aromatic rings. The Bertz CT molecular complexity index is 1290. The van der Waals surface area contributed by atoms with Gasteiger partial charge in [0.25, 0.3) is 5.91 Å². The van der Waals surface area contributed by atoms with E-state index in [1.807, 2.05) is 47.7 Å². The van der Waals surface area contributed by atoms with Crippen molar-refractivity contribution in [2.75, 3.05) is 6.54 Å². The molecule has 2 aromatic heterocycles. The van der Waals surface area contributed by atoms with E-state index in [0.717, 1.165) is 35.4 Å². The number of benzene rings is 2. The zero-order chi connectivity index (χ0) is 23.7. The molecule has 3 heterocycles. The van der Waals surface area contributed by atoms with Crippen molar-refractivity contribution >= 4 is 5.91 Å². The molecule has 1 amide bonds. The minimum Gasteiger partial charge on any atom is -0.328 e. The summed E-state index contributed by atoms with van der Waals surface area (Å²) in [7, 11) is 0. The molecule has 7 nitrogen and oxygen atoms in total. The van der Waals surface area contributed by atoms with Crippen LogP contribution in [0.15, 0.2) is 54.6 Å². The second-order valence-corrected chi connectivity index (χ2v) is 8.88. The molecule has 34 heavy (non-hydrogen) atoms. The van der Waals surface area contributed by atoms with Crippen LogP contribution in [0.2, 0.25) is 0 Å². The predicted octanol–water partition coefficient (Wildman–Crippen LogP) is 4.37. The van der Waals surface area contributed by atoms with Crippen molar-refractivity contribution in [3.05, 3.63) is 100 Å². The largest absolute Gasteiger partial charge is 0.328 e. The second kappa shape index (κ2) is 9.21.